The Balaban J connectivity index is -0.000000685. The van der Waals surface area contributed by atoms with Gasteiger partial charge < -0.3 is 10.7 Å². The van der Waals surface area contributed by atoms with E-state index in [0.717, 1.165) is 12.8 Å². The largest absolute Gasteiger partial charge is 1.00 e. The van der Waals surface area contributed by atoms with E-state index in [1.165, 1.54) is 51.4 Å². The molecule has 0 aliphatic heterocycles. The van der Waals surface area contributed by atoms with Crippen molar-refractivity contribution in [2.75, 3.05) is 6.61 Å². The molecular formula is C18H34NNaO11S3. The first-order valence-electron chi connectivity index (χ1n) is 10.1. The van der Waals surface area contributed by atoms with Gasteiger partial charge in [0.25, 0.3) is 10.1 Å². The molecule has 0 amide bonds. The molecule has 0 atom stereocenters. The molecule has 1 aromatic carbocycles. The number of hydrogen-bond acceptors (Lipinski definition) is 11. The zero-order chi connectivity index (χ0) is 24.5. The van der Waals surface area contributed by atoms with Gasteiger partial charge in [0.1, 0.15) is 0 Å². The van der Waals surface area contributed by atoms with E-state index in [9.17, 15) is 29.8 Å². The van der Waals surface area contributed by atoms with Crippen molar-refractivity contribution in [1.82, 2.24) is 6.15 Å². The Morgan fingerprint density at radius 2 is 1.21 bits per heavy atom. The van der Waals surface area contributed by atoms with E-state index in [1.54, 1.807) is 30.3 Å². The van der Waals surface area contributed by atoms with Crippen LogP contribution >= 0.6 is 0 Å². The topological polar surface area (TPSA) is 208 Å². The molecule has 0 saturated carbocycles. The summed E-state index contributed by atoms with van der Waals surface area (Å²) in [5.74, 6) is 0. The summed E-state index contributed by atoms with van der Waals surface area (Å²) in [7, 11) is -13.9. The molecule has 0 radical (unpaired) electrons. The van der Waals surface area contributed by atoms with Crippen LogP contribution in [0, 0.1) is 0 Å². The molecular weight excluding hydrogens is 525 g/mol. The molecule has 0 aliphatic carbocycles. The zero-order valence-corrected chi connectivity index (χ0v) is 24.1. The summed E-state index contributed by atoms with van der Waals surface area (Å²) in [6.45, 7) is 2.52. The molecule has 34 heavy (non-hydrogen) atoms. The Morgan fingerprint density at radius 3 is 1.59 bits per heavy atom. The van der Waals surface area contributed by atoms with Crippen molar-refractivity contribution in [3.63, 3.8) is 0 Å². The van der Waals surface area contributed by atoms with Gasteiger partial charge in [0, 0.05) is 0 Å². The van der Waals surface area contributed by atoms with E-state index in [4.69, 9.17) is 8.74 Å². The van der Waals surface area contributed by atoms with Crippen molar-refractivity contribution >= 4 is 30.9 Å². The van der Waals surface area contributed by atoms with Gasteiger partial charge in [-0.1, -0.05) is 91.6 Å². The summed E-state index contributed by atoms with van der Waals surface area (Å²) in [6, 6.07) is 8.33. The molecule has 4 N–H and O–H groups in total. The second kappa shape index (κ2) is 21.0. The van der Waals surface area contributed by atoms with Crippen LogP contribution in [-0.2, 0) is 43.8 Å². The molecule has 16 heteroatoms. The Morgan fingerprint density at radius 1 is 0.765 bits per heavy atom. The van der Waals surface area contributed by atoms with Gasteiger partial charge in [-0.15, -0.1) is 0 Å². The van der Waals surface area contributed by atoms with Crippen LogP contribution in [0.4, 0.5) is 0 Å². The average Bonchev–Trinajstić information content (AvgIpc) is 2.71. The molecule has 0 aromatic heterocycles. The number of unbranched alkanes of at least 4 members (excludes halogenated alkanes) is 9. The van der Waals surface area contributed by atoms with E-state index in [1.807, 2.05) is 0 Å². The molecule has 1 aromatic rings. The van der Waals surface area contributed by atoms with Crippen molar-refractivity contribution < 1.29 is 76.8 Å². The van der Waals surface area contributed by atoms with Gasteiger partial charge in [-0.25, -0.2) is 8.42 Å². The fourth-order valence-corrected chi connectivity index (χ4v) is 4.00. The van der Waals surface area contributed by atoms with Gasteiger partial charge in [0.2, 0.25) is 10.4 Å². The maximum absolute atomic E-state index is 11.9. The molecule has 0 aliphatic rings. The second-order valence-electron chi connectivity index (χ2n) is 6.74. The average molecular weight is 560 g/mol. The van der Waals surface area contributed by atoms with Crippen molar-refractivity contribution in [3.8, 4) is 0 Å². The Hall–Kier alpha value is -0.170. The quantitative estimate of drug-likeness (QED) is 0.0545. The third kappa shape index (κ3) is 24.9. The van der Waals surface area contributed by atoms with E-state index in [2.05, 4.69) is 15.6 Å². The minimum Gasteiger partial charge on any atom is -0.724 e. The first-order chi connectivity index (χ1) is 14.9. The van der Waals surface area contributed by atoms with Crippen LogP contribution in [0.15, 0.2) is 35.2 Å². The third-order valence-electron chi connectivity index (χ3n) is 3.97. The van der Waals surface area contributed by atoms with Gasteiger partial charge in [-0.2, -0.15) is 16.8 Å². The van der Waals surface area contributed by atoms with Crippen LogP contribution in [0.2, 0.25) is 0 Å². The maximum atomic E-state index is 11.9. The van der Waals surface area contributed by atoms with Crippen LogP contribution in [0.25, 0.3) is 0 Å². The fraction of sp³-hybridized carbons (Fsp3) is 0.667. The number of rotatable bonds is 16. The Labute approximate surface area is 225 Å². The maximum Gasteiger partial charge on any atom is 1.00 e. The first-order valence-corrected chi connectivity index (χ1v) is 14.2. The minimum atomic E-state index is -5.27. The monoisotopic (exact) mass is 559 g/mol. The fourth-order valence-electron chi connectivity index (χ4n) is 2.48. The molecule has 12 nitrogen and oxygen atoms in total. The number of hydrogen-bond donors (Lipinski definition) is 2. The zero-order valence-electron chi connectivity index (χ0n) is 19.6. The van der Waals surface area contributed by atoms with Gasteiger partial charge in [-0.05, 0) is 18.6 Å². The van der Waals surface area contributed by atoms with Crippen LogP contribution in [0.5, 0.6) is 0 Å². The first kappa shape index (κ1) is 38.4. The normalized spacial score (nSPS) is 11.5. The summed E-state index contributed by atoms with van der Waals surface area (Å²) in [5.41, 5.74) is 0. The minimum absolute atomic E-state index is 0. The smallest absolute Gasteiger partial charge is 0.724 e. The molecule has 196 valence electrons. The van der Waals surface area contributed by atoms with Gasteiger partial charge in [-0.3, -0.25) is 8.74 Å². The van der Waals surface area contributed by atoms with E-state index >= 15 is 0 Å². The van der Waals surface area contributed by atoms with Crippen LogP contribution in [0.1, 0.15) is 71.1 Å². The van der Waals surface area contributed by atoms with Crippen LogP contribution in [-0.4, -0.2) is 41.0 Å². The third-order valence-corrected chi connectivity index (χ3v) is 5.85. The predicted octanol–water partition coefficient (Wildman–Crippen LogP) is 0.676. The summed E-state index contributed by atoms with van der Waals surface area (Å²) >= 11 is 0. The summed E-state index contributed by atoms with van der Waals surface area (Å²) in [4.78, 5) is 0.238. The molecule has 0 unspecified atom stereocenters. The van der Waals surface area contributed by atoms with E-state index in [0.29, 0.717) is 0 Å². The van der Waals surface area contributed by atoms with E-state index in [-0.39, 0.29) is 47.2 Å². The molecule has 0 fully saturated rings. The second-order valence-corrected chi connectivity index (χ2v) is 10.3. The molecule has 1 rings (SSSR count). The molecule has 0 spiro atoms. The van der Waals surface area contributed by atoms with Crippen LogP contribution in [0.3, 0.4) is 0 Å². The van der Waals surface area contributed by atoms with Crippen molar-refractivity contribution in [2.45, 2.75) is 76.0 Å². The number of benzene rings is 1. The predicted molar refractivity (Wildman–Crippen MR) is 120 cm³/mol. The van der Waals surface area contributed by atoms with Gasteiger partial charge in [0.15, 0.2) is 0 Å². The standard InChI is InChI=1S/C18H30O3S.H3N.Na.H2O8S2/c1-2-3-4-5-6-7-8-9-10-14-17-21-22(19,20)18-15-12-11-13-16-18;;;1-9(2,3)7-8-10(4,5)6/h11-13,15-16H,2-10,14,17H2,1H3;1H3;;(H,1,2,3)(H,4,5,6)/q;;+1;/p-1. The van der Waals surface area contributed by atoms with Gasteiger partial charge >= 0.3 is 40.0 Å². The summed E-state index contributed by atoms with van der Waals surface area (Å²) in [5, 5.41) is 0. The van der Waals surface area contributed by atoms with Gasteiger partial charge in [0.05, 0.1) is 11.5 Å². The Kier molecular flexibility index (Phi) is 23.7. The summed E-state index contributed by atoms with van der Waals surface area (Å²) in [6.07, 6.45) is 12.3. The van der Waals surface area contributed by atoms with Crippen LogP contribution < -0.4 is 35.7 Å². The Bertz CT molecular complexity index is 893. The van der Waals surface area contributed by atoms with Crippen molar-refractivity contribution in [3.05, 3.63) is 30.3 Å². The molecule has 0 saturated heterocycles. The summed E-state index contributed by atoms with van der Waals surface area (Å²) < 4.78 is 89.0. The SMILES string of the molecule is CCCCCCCCCCCCOS(=O)(=O)c1ccccc1.N.O=S(=O)([O-])OOS(=O)(=O)O.[Na+]. The van der Waals surface area contributed by atoms with Crippen molar-refractivity contribution in [1.29, 1.82) is 0 Å². The van der Waals surface area contributed by atoms with E-state index < -0.39 is 30.9 Å². The van der Waals surface area contributed by atoms with Crippen molar-refractivity contribution in [2.24, 2.45) is 0 Å². The molecule has 0 heterocycles. The molecule has 0 bridgehead atoms.